The van der Waals surface area contributed by atoms with E-state index >= 15 is 0 Å². The largest absolute Gasteiger partial charge is 0.488 e. The highest BCUT2D eigenvalue weighted by molar-refractivity contribution is 5.95. The van der Waals surface area contributed by atoms with Crippen molar-refractivity contribution in [2.45, 2.75) is 51.0 Å². The Morgan fingerprint density at radius 2 is 1.97 bits per heavy atom. The van der Waals surface area contributed by atoms with E-state index in [1.165, 1.54) is 20.4 Å². The van der Waals surface area contributed by atoms with Crippen molar-refractivity contribution in [3.63, 3.8) is 0 Å². The van der Waals surface area contributed by atoms with Gasteiger partial charge in [0.15, 0.2) is 0 Å². The molecule has 10 heteroatoms. The molecule has 3 rings (SSSR count). The predicted molar refractivity (Wildman–Crippen MR) is 120 cm³/mol. The Hall–Kier alpha value is -2.92. The summed E-state index contributed by atoms with van der Waals surface area (Å²) in [6.45, 7) is 8.93. The minimum Gasteiger partial charge on any atom is -0.488 e. The minimum absolute atomic E-state index is 0.0841. The third-order valence-corrected chi connectivity index (χ3v) is 5.43. The Balaban J connectivity index is 2.04. The molecule has 0 radical (unpaired) electrons. The van der Waals surface area contributed by atoms with E-state index in [2.05, 4.69) is 16.6 Å². The molecular weight excluding hydrogens is 434 g/mol. The van der Waals surface area contributed by atoms with Gasteiger partial charge in [0.1, 0.15) is 54.7 Å². The van der Waals surface area contributed by atoms with Crippen LogP contribution in [0.25, 0.3) is 11.0 Å². The van der Waals surface area contributed by atoms with Crippen molar-refractivity contribution < 1.29 is 38.4 Å². The predicted octanol–water partition coefficient (Wildman–Crippen LogP) is 1.90. The van der Waals surface area contributed by atoms with Gasteiger partial charge in [0.25, 0.3) is 0 Å². The second-order valence-electron chi connectivity index (χ2n) is 8.06. The lowest BCUT2D eigenvalue weighted by Crippen LogP contribution is -2.63. The molecule has 0 unspecified atom stereocenters. The van der Waals surface area contributed by atoms with Crippen molar-refractivity contribution in [2.24, 2.45) is 5.16 Å². The Morgan fingerprint density at radius 1 is 1.24 bits per heavy atom. The third-order valence-electron chi connectivity index (χ3n) is 5.43. The summed E-state index contributed by atoms with van der Waals surface area (Å²) in [5.41, 5.74) is -0.834. The molecule has 1 aromatic heterocycles. The summed E-state index contributed by atoms with van der Waals surface area (Å²) in [7, 11) is 2.78. The smallest absolute Gasteiger partial charge is 0.349 e. The van der Waals surface area contributed by atoms with E-state index in [4.69, 9.17) is 23.4 Å². The molecule has 1 aliphatic heterocycles. The van der Waals surface area contributed by atoms with Crippen LogP contribution in [-0.4, -0.2) is 67.5 Å². The molecular formula is C23H29NO9. The zero-order valence-electron chi connectivity index (χ0n) is 19.2. The molecule has 0 bridgehead atoms. The first-order chi connectivity index (χ1) is 15.7. The molecule has 1 aromatic carbocycles. The Bertz CT molecular complexity index is 1090. The molecule has 0 saturated carbocycles. The number of hydrogen-bond donors (Lipinski definition) is 2. The topological polar surface area (TPSA) is 129 Å². The molecule has 0 aliphatic carbocycles. The molecule has 2 aromatic rings. The van der Waals surface area contributed by atoms with Gasteiger partial charge in [-0.25, -0.2) is 4.79 Å². The van der Waals surface area contributed by atoms with Gasteiger partial charge in [-0.1, -0.05) is 17.8 Å². The maximum atomic E-state index is 12.7. The molecule has 10 nitrogen and oxygen atoms in total. The van der Waals surface area contributed by atoms with Gasteiger partial charge in [0.05, 0.1) is 17.2 Å². The fourth-order valence-corrected chi connectivity index (χ4v) is 3.84. The molecule has 180 valence electrons. The van der Waals surface area contributed by atoms with Crippen LogP contribution < -0.4 is 15.1 Å². The third kappa shape index (κ3) is 4.74. The lowest BCUT2D eigenvalue weighted by molar-refractivity contribution is -0.306. The highest BCUT2D eigenvalue weighted by atomic mass is 16.7. The number of aliphatic hydroxyl groups excluding tert-OH is 2. The molecule has 0 spiro atoms. The number of aryl methyl sites for hydroxylation is 1. The van der Waals surface area contributed by atoms with E-state index in [0.29, 0.717) is 16.7 Å². The van der Waals surface area contributed by atoms with Crippen LogP contribution >= 0.6 is 0 Å². The van der Waals surface area contributed by atoms with Gasteiger partial charge in [-0.3, -0.25) is 0 Å². The van der Waals surface area contributed by atoms with Crippen molar-refractivity contribution in [3.8, 4) is 11.5 Å². The van der Waals surface area contributed by atoms with E-state index in [-0.39, 0.29) is 23.5 Å². The number of ether oxygens (including phenoxy) is 4. The molecule has 2 N–H and O–H groups in total. The summed E-state index contributed by atoms with van der Waals surface area (Å²) >= 11 is 0. The van der Waals surface area contributed by atoms with Crippen molar-refractivity contribution in [1.29, 1.82) is 0 Å². The van der Waals surface area contributed by atoms with Crippen molar-refractivity contribution in [2.75, 3.05) is 20.8 Å². The van der Waals surface area contributed by atoms with Crippen LogP contribution in [0.4, 0.5) is 0 Å². The summed E-state index contributed by atoms with van der Waals surface area (Å²) in [6, 6.07) is 3.28. The zero-order chi connectivity index (χ0) is 24.3. The Morgan fingerprint density at radius 3 is 2.61 bits per heavy atom. The van der Waals surface area contributed by atoms with E-state index in [1.54, 1.807) is 39.0 Å². The lowest BCUT2D eigenvalue weighted by Gasteiger charge is -2.46. The average molecular weight is 463 g/mol. The van der Waals surface area contributed by atoms with Crippen LogP contribution in [0.3, 0.4) is 0 Å². The second-order valence-corrected chi connectivity index (χ2v) is 8.06. The number of rotatable bonds is 8. The first-order valence-corrected chi connectivity index (χ1v) is 10.3. The average Bonchev–Trinajstić information content (AvgIpc) is 2.77. The van der Waals surface area contributed by atoms with Crippen LogP contribution in [-0.2, 0) is 14.3 Å². The summed E-state index contributed by atoms with van der Waals surface area (Å²) in [5.74, 6) is 0.548. The molecule has 1 fully saturated rings. The fourth-order valence-electron chi connectivity index (χ4n) is 3.84. The van der Waals surface area contributed by atoms with E-state index in [9.17, 15) is 15.0 Å². The van der Waals surface area contributed by atoms with Gasteiger partial charge in [0.2, 0.25) is 6.29 Å². The number of hydrogen-bond acceptors (Lipinski definition) is 10. The van der Waals surface area contributed by atoms with Gasteiger partial charge >= 0.3 is 5.63 Å². The zero-order valence-corrected chi connectivity index (χ0v) is 19.2. The van der Waals surface area contributed by atoms with Gasteiger partial charge in [0, 0.05) is 12.7 Å². The van der Waals surface area contributed by atoms with Crippen molar-refractivity contribution in [1.82, 2.24) is 0 Å². The van der Waals surface area contributed by atoms with Crippen molar-refractivity contribution >= 4 is 17.2 Å². The van der Waals surface area contributed by atoms with Gasteiger partial charge in [-0.05, 0) is 32.9 Å². The normalized spacial score (nSPS) is 24.7. The SMILES string of the molecule is C=CCOc1c(C=NOC)c(=O)oc2c(C)c(O[C@@H]3OC(C)(C)[C@H](OC)[C@H](O)[C@H]3O)ccc12. The number of fused-ring (bicyclic) bond motifs is 1. The molecule has 1 aliphatic rings. The number of oxime groups is 1. The molecule has 33 heavy (non-hydrogen) atoms. The van der Waals surface area contributed by atoms with Gasteiger partial charge in [-0.2, -0.15) is 0 Å². The first kappa shape index (κ1) is 24.7. The molecule has 4 atom stereocenters. The lowest BCUT2D eigenvalue weighted by atomic mass is 9.89. The Labute approximate surface area is 190 Å². The monoisotopic (exact) mass is 463 g/mol. The first-order valence-electron chi connectivity index (χ1n) is 10.3. The van der Waals surface area contributed by atoms with E-state index in [0.717, 1.165) is 0 Å². The summed E-state index contributed by atoms with van der Waals surface area (Å²) in [5, 5.41) is 25.2. The molecule has 0 amide bonds. The van der Waals surface area contributed by atoms with Gasteiger partial charge < -0.3 is 38.4 Å². The summed E-state index contributed by atoms with van der Waals surface area (Å²) in [4.78, 5) is 17.3. The maximum Gasteiger partial charge on any atom is 0.349 e. The number of benzene rings is 1. The number of methoxy groups -OCH3 is 1. The van der Waals surface area contributed by atoms with Crippen molar-refractivity contribution in [3.05, 3.63) is 46.3 Å². The number of nitrogens with zero attached hydrogens (tertiary/aromatic N) is 1. The van der Waals surface area contributed by atoms with Crippen LogP contribution in [0, 0.1) is 6.92 Å². The molecule has 1 saturated heterocycles. The maximum absolute atomic E-state index is 12.7. The van der Waals surface area contributed by atoms with Crippen LogP contribution in [0.2, 0.25) is 0 Å². The van der Waals surface area contributed by atoms with Crippen LogP contribution in [0.5, 0.6) is 11.5 Å². The fraction of sp³-hybridized carbons (Fsp3) is 0.478. The highest BCUT2D eigenvalue weighted by Gasteiger charge is 2.50. The summed E-state index contributed by atoms with van der Waals surface area (Å²) in [6.07, 6.45) is -1.78. The number of aliphatic hydroxyl groups is 2. The van der Waals surface area contributed by atoms with E-state index in [1.807, 2.05) is 0 Å². The highest BCUT2D eigenvalue weighted by Crippen LogP contribution is 2.37. The van der Waals surface area contributed by atoms with Crippen LogP contribution in [0.1, 0.15) is 25.0 Å². The second kappa shape index (κ2) is 9.92. The standard InChI is InChI=1S/C23H29NO9/c1-7-10-30-19-13-8-9-15(12(2)18(13)32-21(27)14(19)11-24-29-6)31-22-17(26)16(25)20(28-5)23(3,4)33-22/h7-9,11,16-17,20,22,25-26H,1,10H2,2-6H3/t16-,17-,20-,22-/m1/s1. The van der Waals surface area contributed by atoms with Gasteiger partial charge in [-0.15, -0.1) is 0 Å². The quantitative estimate of drug-likeness (QED) is 0.261. The van der Waals surface area contributed by atoms with Crippen LogP contribution in [0.15, 0.2) is 39.2 Å². The Kier molecular flexibility index (Phi) is 7.43. The minimum atomic E-state index is -1.37. The molecule has 2 heterocycles. The summed E-state index contributed by atoms with van der Waals surface area (Å²) < 4.78 is 28.3. The van der Waals surface area contributed by atoms with E-state index < -0.39 is 35.8 Å².